The Hall–Kier alpha value is -2.39. The third kappa shape index (κ3) is 3.51. The van der Waals surface area contributed by atoms with Crippen LogP contribution in [-0.2, 0) is 6.54 Å². The maximum absolute atomic E-state index is 5.75. The third-order valence-electron chi connectivity index (χ3n) is 3.90. The zero-order chi connectivity index (χ0) is 16.2. The highest BCUT2D eigenvalue weighted by Crippen LogP contribution is 2.28. The average Bonchev–Trinajstić information content (AvgIpc) is 3.01. The average molecular weight is 306 g/mol. The molecule has 0 spiro atoms. The van der Waals surface area contributed by atoms with Gasteiger partial charge in [0.15, 0.2) is 0 Å². The molecule has 0 atom stereocenters. The minimum absolute atomic E-state index is 0.683. The summed E-state index contributed by atoms with van der Waals surface area (Å²) in [6.07, 6.45) is 1.76. The van der Waals surface area contributed by atoms with E-state index in [1.807, 2.05) is 25.1 Å². The van der Waals surface area contributed by atoms with Gasteiger partial charge >= 0.3 is 0 Å². The van der Waals surface area contributed by atoms with Crippen molar-refractivity contribution < 1.29 is 4.42 Å². The largest absolute Gasteiger partial charge is 0.444 e. The van der Waals surface area contributed by atoms with Crippen LogP contribution in [-0.4, -0.2) is 23.0 Å². The van der Waals surface area contributed by atoms with Gasteiger partial charge in [0.25, 0.3) is 0 Å². The summed E-state index contributed by atoms with van der Waals surface area (Å²) in [5, 5.41) is 2.36. The summed E-state index contributed by atoms with van der Waals surface area (Å²) < 4.78 is 5.75. The van der Waals surface area contributed by atoms with Crippen molar-refractivity contribution >= 4 is 10.8 Å². The Morgan fingerprint density at radius 1 is 1.17 bits per heavy atom. The molecule has 0 aliphatic carbocycles. The SMILES string of the molecule is C=C(C)CN(CC)Cc1coc(-c2cccc3ccccc23)n1. The second-order valence-corrected chi connectivity index (χ2v) is 5.93. The standard InChI is InChI=1S/C20H22N2O/c1-4-22(12-15(2)3)13-17-14-23-20(21-17)19-11-7-9-16-8-5-6-10-18(16)19/h5-11,14H,2,4,12-13H2,1,3H3. The highest BCUT2D eigenvalue weighted by atomic mass is 16.3. The molecule has 0 saturated heterocycles. The molecule has 118 valence electrons. The van der Waals surface area contributed by atoms with Gasteiger partial charge in [0.05, 0.1) is 5.69 Å². The van der Waals surface area contributed by atoms with Gasteiger partial charge < -0.3 is 4.42 Å². The van der Waals surface area contributed by atoms with Crippen molar-refractivity contribution in [3.8, 4) is 11.5 Å². The van der Waals surface area contributed by atoms with Crippen LogP contribution in [0.2, 0.25) is 0 Å². The molecule has 2 aromatic carbocycles. The number of rotatable bonds is 6. The van der Waals surface area contributed by atoms with Crippen molar-refractivity contribution in [3.05, 3.63) is 66.6 Å². The number of likely N-dealkylation sites (N-methyl/N-ethyl adjacent to an activating group) is 1. The molecule has 3 nitrogen and oxygen atoms in total. The molecular formula is C20H22N2O. The lowest BCUT2D eigenvalue weighted by Gasteiger charge is -2.18. The summed E-state index contributed by atoms with van der Waals surface area (Å²) in [5.41, 5.74) is 3.15. The second-order valence-electron chi connectivity index (χ2n) is 5.93. The van der Waals surface area contributed by atoms with Gasteiger partial charge in [0, 0.05) is 18.7 Å². The molecule has 0 bridgehead atoms. The molecular weight excluding hydrogens is 284 g/mol. The Balaban J connectivity index is 1.87. The number of aromatic nitrogens is 1. The molecule has 0 unspecified atom stereocenters. The Morgan fingerprint density at radius 3 is 2.74 bits per heavy atom. The van der Waals surface area contributed by atoms with Crippen LogP contribution in [0.5, 0.6) is 0 Å². The van der Waals surface area contributed by atoms with Crippen LogP contribution in [0.1, 0.15) is 19.5 Å². The summed E-state index contributed by atoms with van der Waals surface area (Å²) in [7, 11) is 0. The highest BCUT2D eigenvalue weighted by molar-refractivity contribution is 5.94. The predicted octanol–water partition coefficient (Wildman–Crippen LogP) is 4.89. The number of nitrogens with zero attached hydrogens (tertiary/aromatic N) is 2. The van der Waals surface area contributed by atoms with Crippen LogP contribution in [0, 0.1) is 0 Å². The maximum Gasteiger partial charge on any atom is 0.226 e. The summed E-state index contributed by atoms with van der Waals surface area (Å²) >= 11 is 0. The smallest absolute Gasteiger partial charge is 0.226 e. The summed E-state index contributed by atoms with van der Waals surface area (Å²) in [6.45, 7) is 10.8. The van der Waals surface area contributed by atoms with E-state index in [4.69, 9.17) is 4.42 Å². The van der Waals surface area contributed by atoms with Gasteiger partial charge in [-0.3, -0.25) is 4.90 Å². The molecule has 0 amide bonds. The number of oxazole rings is 1. The van der Waals surface area contributed by atoms with Crippen LogP contribution in [0.4, 0.5) is 0 Å². The predicted molar refractivity (Wildman–Crippen MR) is 95.2 cm³/mol. The molecule has 1 heterocycles. The molecule has 23 heavy (non-hydrogen) atoms. The van der Waals surface area contributed by atoms with Crippen molar-refractivity contribution in [1.29, 1.82) is 0 Å². The van der Waals surface area contributed by atoms with Gasteiger partial charge in [-0.05, 0) is 30.3 Å². The zero-order valence-corrected chi connectivity index (χ0v) is 13.7. The Bertz CT molecular complexity index is 814. The quantitative estimate of drug-likeness (QED) is 0.607. The molecule has 0 fully saturated rings. The summed E-state index contributed by atoms with van der Waals surface area (Å²) in [6, 6.07) is 14.5. The van der Waals surface area contributed by atoms with Gasteiger partial charge in [-0.25, -0.2) is 4.98 Å². The van der Waals surface area contributed by atoms with E-state index < -0.39 is 0 Å². The molecule has 0 radical (unpaired) electrons. The molecule has 3 aromatic rings. The van der Waals surface area contributed by atoms with Crippen LogP contribution >= 0.6 is 0 Å². The van der Waals surface area contributed by atoms with Gasteiger partial charge in [-0.15, -0.1) is 0 Å². The molecule has 0 aliphatic rings. The van der Waals surface area contributed by atoms with E-state index >= 15 is 0 Å². The first-order valence-electron chi connectivity index (χ1n) is 7.96. The van der Waals surface area contributed by atoms with Crippen molar-refractivity contribution in [2.75, 3.05) is 13.1 Å². The lowest BCUT2D eigenvalue weighted by molar-refractivity contribution is 0.300. The van der Waals surface area contributed by atoms with E-state index in [-0.39, 0.29) is 0 Å². The lowest BCUT2D eigenvalue weighted by atomic mass is 10.0. The van der Waals surface area contributed by atoms with Gasteiger partial charge in [0.1, 0.15) is 6.26 Å². The third-order valence-corrected chi connectivity index (χ3v) is 3.90. The Kier molecular flexibility index (Phi) is 4.58. The molecule has 0 aliphatic heterocycles. The maximum atomic E-state index is 5.75. The fourth-order valence-electron chi connectivity index (χ4n) is 2.81. The van der Waals surface area contributed by atoms with E-state index in [0.29, 0.717) is 5.89 Å². The number of hydrogen-bond acceptors (Lipinski definition) is 3. The van der Waals surface area contributed by atoms with Gasteiger partial charge in [0.2, 0.25) is 5.89 Å². The van der Waals surface area contributed by atoms with Crippen LogP contribution in [0.3, 0.4) is 0 Å². The minimum Gasteiger partial charge on any atom is -0.444 e. The van der Waals surface area contributed by atoms with E-state index in [9.17, 15) is 0 Å². The number of benzene rings is 2. The fraction of sp³-hybridized carbons (Fsp3) is 0.250. The fourth-order valence-corrected chi connectivity index (χ4v) is 2.81. The monoisotopic (exact) mass is 306 g/mol. The summed E-state index contributed by atoms with van der Waals surface area (Å²) in [4.78, 5) is 6.99. The highest BCUT2D eigenvalue weighted by Gasteiger charge is 2.12. The van der Waals surface area contributed by atoms with Gasteiger partial charge in [-0.1, -0.05) is 55.5 Å². The first-order chi connectivity index (χ1) is 11.2. The first kappa shape index (κ1) is 15.5. The topological polar surface area (TPSA) is 29.3 Å². The molecule has 0 saturated carbocycles. The lowest BCUT2D eigenvalue weighted by Crippen LogP contribution is -2.24. The summed E-state index contributed by atoms with van der Waals surface area (Å²) in [5.74, 6) is 0.683. The zero-order valence-electron chi connectivity index (χ0n) is 13.7. The molecule has 1 aromatic heterocycles. The van der Waals surface area contributed by atoms with Crippen molar-refractivity contribution in [2.24, 2.45) is 0 Å². The molecule has 3 rings (SSSR count). The minimum atomic E-state index is 0.683. The van der Waals surface area contributed by atoms with Gasteiger partial charge in [-0.2, -0.15) is 0 Å². The number of fused-ring (bicyclic) bond motifs is 1. The van der Waals surface area contributed by atoms with E-state index in [1.54, 1.807) is 6.26 Å². The van der Waals surface area contributed by atoms with E-state index in [1.165, 1.54) is 5.39 Å². The van der Waals surface area contributed by atoms with Crippen molar-refractivity contribution in [3.63, 3.8) is 0 Å². The normalized spacial score (nSPS) is 11.3. The Labute approximate surface area is 137 Å². The second kappa shape index (κ2) is 6.80. The van der Waals surface area contributed by atoms with Crippen LogP contribution in [0.15, 0.2) is 65.3 Å². The number of hydrogen-bond donors (Lipinski definition) is 0. The van der Waals surface area contributed by atoms with Crippen LogP contribution < -0.4 is 0 Å². The van der Waals surface area contributed by atoms with E-state index in [2.05, 4.69) is 47.7 Å². The van der Waals surface area contributed by atoms with Crippen LogP contribution in [0.25, 0.3) is 22.2 Å². The molecule has 3 heteroatoms. The Morgan fingerprint density at radius 2 is 1.96 bits per heavy atom. The van der Waals surface area contributed by atoms with Crippen molar-refractivity contribution in [1.82, 2.24) is 9.88 Å². The molecule has 0 N–H and O–H groups in total. The van der Waals surface area contributed by atoms with Crippen molar-refractivity contribution in [2.45, 2.75) is 20.4 Å². The first-order valence-corrected chi connectivity index (χ1v) is 7.96. The van der Waals surface area contributed by atoms with E-state index in [0.717, 1.165) is 41.9 Å².